The van der Waals surface area contributed by atoms with E-state index in [0.29, 0.717) is 18.6 Å². The molecule has 0 bridgehead atoms. The first-order chi connectivity index (χ1) is 5.72. The van der Waals surface area contributed by atoms with E-state index in [1.807, 2.05) is 0 Å². The number of rotatable bonds is 3. The monoisotopic (exact) mass is 170 g/mol. The maximum atomic E-state index is 10.7. The van der Waals surface area contributed by atoms with Crippen molar-refractivity contribution in [1.29, 1.82) is 0 Å². The Kier molecular flexibility index (Phi) is 2.85. The van der Waals surface area contributed by atoms with Crippen LogP contribution >= 0.6 is 0 Å². The van der Waals surface area contributed by atoms with Gasteiger partial charge in [0.2, 0.25) is 0 Å². The maximum absolute atomic E-state index is 10.7. The first-order valence-electron chi connectivity index (χ1n) is 3.65. The molecule has 12 heavy (non-hydrogen) atoms. The number of hydrogen-bond donors (Lipinski definition) is 0. The maximum Gasteiger partial charge on any atom is 0.343 e. The standard InChI is InChI=1S/C8H10O4/c1-11-8(10)5-12-7-3-2-6(9)4-7/h4H,2-3,5H2,1H3. The zero-order chi connectivity index (χ0) is 8.97. The Morgan fingerprint density at radius 1 is 1.58 bits per heavy atom. The van der Waals surface area contributed by atoms with Crippen molar-refractivity contribution in [2.75, 3.05) is 13.7 Å². The van der Waals surface area contributed by atoms with E-state index in [4.69, 9.17) is 4.74 Å². The highest BCUT2D eigenvalue weighted by Gasteiger charge is 2.13. The fourth-order valence-corrected chi connectivity index (χ4v) is 0.895. The molecular formula is C8H10O4. The number of hydrogen-bond acceptors (Lipinski definition) is 4. The highest BCUT2D eigenvalue weighted by atomic mass is 16.6. The van der Waals surface area contributed by atoms with Crippen molar-refractivity contribution in [2.24, 2.45) is 0 Å². The van der Waals surface area contributed by atoms with Crippen molar-refractivity contribution in [3.8, 4) is 0 Å². The number of ketones is 1. The van der Waals surface area contributed by atoms with Crippen LogP contribution in [-0.4, -0.2) is 25.5 Å². The Hall–Kier alpha value is -1.32. The first kappa shape index (κ1) is 8.77. The minimum Gasteiger partial charge on any atom is -0.486 e. The SMILES string of the molecule is COC(=O)COC1=CC(=O)CC1. The molecule has 0 spiro atoms. The third kappa shape index (κ3) is 2.38. The molecule has 0 fully saturated rings. The number of methoxy groups -OCH3 is 1. The molecule has 0 unspecified atom stereocenters. The third-order valence-electron chi connectivity index (χ3n) is 1.54. The van der Waals surface area contributed by atoms with Gasteiger partial charge < -0.3 is 9.47 Å². The van der Waals surface area contributed by atoms with E-state index in [2.05, 4.69) is 4.74 Å². The Labute approximate surface area is 70.1 Å². The third-order valence-corrected chi connectivity index (χ3v) is 1.54. The molecule has 1 rings (SSSR count). The second-order valence-corrected chi connectivity index (χ2v) is 2.44. The highest BCUT2D eigenvalue weighted by molar-refractivity contribution is 5.92. The van der Waals surface area contributed by atoms with E-state index in [-0.39, 0.29) is 12.4 Å². The lowest BCUT2D eigenvalue weighted by Gasteiger charge is -2.03. The molecule has 4 nitrogen and oxygen atoms in total. The van der Waals surface area contributed by atoms with Gasteiger partial charge in [0.1, 0.15) is 5.76 Å². The molecule has 0 radical (unpaired) electrons. The minimum absolute atomic E-state index is 0.0508. The van der Waals surface area contributed by atoms with Crippen LogP contribution in [0.1, 0.15) is 12.8 Å². The molecule has 0 atom stereocenters. The molecule has 0 aromatic carbocycles. The van der Waals surface area contributed by atoms with E-state index in [1.54, 1.807) is 0 Å². The lowest BCUT2D eigenvalue weighted by molar-refractivity contribution is -0.144. The second-order valence-electron chi connectivity index (χ2n) is 2.44. The summed E-state index contributed by atoms with van der Waals surface area (Å²) >= 11 is 0. The Morgan fingerprint density at radius 2 is 2.33 bits per heavy atom. The lowest BCUT2D eigenvalue weighted by atomic mass is 10.3. The zero-order valence-corrected chi connectivity index (χ0v) is 6.83. The molecule has 4 heteroatoms. The summed E-state index contributed by atoms with van der Waals surface area (Å²) in [6, 6.07) is 0. The molecule has 0 saturated heterocycles. The van der Waals surface area contributed by atoms with Crippen LogP contribution in [0.4, 0.5) is 0 Å². The van der Waals surface area contributed by atoms with Crippen molar-refractivity contribution in [2.45, 2.75) is 12.8 Å². The summed E-state index contributed by atoms with van der Waals surface area (Å²) in [7, 11) is 1.29. The zero-order valence-electron chi connectivity index (χ0n) is 6.83. The fraction of sp³-hybridized carbons (Fsp3) is 0.500. The molecule has 66 valence electrons. The van der Waals surface area contributed by atoms with E-state index >= 15 is 0 Å². The molecule has 0 saturated carbocycles. The summed E-state index contributed by atoms with van der Waals surface area (Å²) in [5, 5.41) is 0. The van der Waals surface area contributed by atoms with Gasteiger partial charge >= 0.3 is 5.97 Å². The van der Waals surface area contributed by atoms with Crippen LogP contribution in [-0.2, 0) is 19.1 Å². The molecule has 0 amide bonds. The average molecular weight is 170 g/mol. The van der Waals surface area contributed by atoms with Gasteiger partial charge in [-0.3, -0.25) is 4.79 Å². The van der Waals surface area contributed by atoms with Crippen LogP contribution in [0.2, 0.25) is 0 Å². The van der Waals surface area contributed by atoms with Gasteiger partial charge in [0.15, 0.2) is 12.4 Å². The van der Waals surface area contributed by atoms with Gasteiger partial charge in [-0.2, -0.15) is 0 Å². The van der Waals surface area contributed by atoms with Crippen LogP contribution in [0.15, 0.2) is 11.8 Å². The van der Waals surface area contributed by atoms with Gasteiger partial charge in [-0.1, -0.05) is 0 Å². The number of ether oxygens (including phenoxy) is 2. The highest BCUT2D eigenvalue weighted by Crippen LogP contribution is 2.15. The minimum atomic E-state index is -0.435. The first-order valence-corrected chi connectivity index (χ1v) is 3.65. The molecule has 0 heterocycles. The van der Waals surface area contributed by atoms with Crippen molar-refractivity contribution >= 4 is 11.8 Å². The van der Waals surface area contributed by atoms with Crippen LogP contribution in [0.3, 0.4) is 0 Å². The molecule has 0 aromatic heterocycles. The largest absolute Gasteiger partial charge is 0.486 e. The van der Waals surface area contributed by atoms with Gasteiger partial charge in [-0.15, -0.1) is 0 Å². The number of carbonyl (C=O) groups is 2. The van der Waals surface area contributed by atoms with Gasteiger partial charge in [0, 0.05) is 18.9 Å². The van der Waals surface area contributed by atoms with Crippen LogP contribution < -0.4 is 0 Å². The summed E-state index contributed by atoms with van der Waals surface area (Å²) in [5.41, 5.74) is 0. The Balaban J connectivity index is 2.28. The van der Waals surface area contributed by atoms with Crippen LogP contribution in [0.25, 0.3) is 0 Å². The predicted molar refractivity (Wildman–Crippen MR) is 40.3 cm³/mol. The molecule has 0 aromatic rings. The molecule has 1 aliphatic carbocycles. The summed E-state index contributed by atoms with van der Waals surface area (Å²) in [6.07, 6.45) is 2.50. The van der Waals surface area contributed by atoms with Crippen molar-refractivity contribution in [1.82, 2.24) is 0 Å². The quantitative estimate of drug-likeness (QED) is 0.576. The normalized spacial score (nSPS) is 15.8. The molecular weight excluding hydrogens is 160 g/mol. The summed E-state index contributed by atoms with van der Waals surface area (Å²) in [5.74, 6) is 0.190. The van der Waals surface area contributed by atoms with Gasteiger partial charge in [-0.25, -0.2) is 4.79 Å². The van der Waals surface area contributed by atoms with E-state index in [0.717, 1.165) is 0 Å². The number of allylic oxidation sites excluding steroid dienone is 2. The topological polar surface area (TPSA) is 52.6 Å². The molecule has 1 aliphatic rings. The summed E-state index contributed by atoms with van der Waals surface area (Å²) in [4.78, 5) is 21.3. The van der Waals surface area contributed by atoms with E-state index in [9.17, 15) is 9.59 Å². The van der Waals surface area contributed by atoms with Crippen LogP contribution in [0.5, 0.6) is 0 Å². The fourth-order valence-electron chi connectivity index (χ4n) is 0.895. The van der Waals surface area contributed by atoms with Gasteiger partial charge in [-0.05, 0) is 0 Å². The lowest BCUT2D eigenvalue weighted by Crippen LogP contribution is -2.09. The summed E-state index contributed by atoms with van der Waals surface area (Å²) in [6.45, 7) is -0.115. The smallest absolute Gasteiger partial charge is 0.343 e. The Morgan fingerprint density at radius 3 is 2.83 bits per heavy atom. The number of esters is 1. The van der Waals surface area contributed by atoms with Crippen molar-refractivity contribution < 1.29 is 19.1 Å². The van der Waals surface area contributed by atoms with E-state index < -0.39 is 5.97 Å². The van der Waals surface area contributed by atoms with E-state index in [1.165, 1.54) is 13.2 Å². The molecule has 0 aliphatic heterocycles. The predicted octanol–water partition coefficient (Wildman–Crippen LogP) is 0.423. The summed E-state index contributed by atoms with van der Waals surface area (Å²) < 4.78 is 9.35. The number of carbonyl (C=O) groups excluding carboxylic acids is 2. The molecule has 0 N–H and O–H groups in total. The van der Waals surface area contributed by atoms with Gasteiger partial charge in [0.25, 0.3) is 0 Å². The second kappa shape index (κ2) is 3.90. The van der Waals surface area contributed by atoms with Gasteiger partial charge in [0.05, 0.1) is 7.11 Å². The average Bonchev–Trinajstić information content (AvgIpc) is 2.47. The Bertz CT molecular complexity index is 229. The van der Waals surface area contributed by atoms with Crippen molar-refractivity contribution in [3.05, 3.63) is 11.8 Å². The van der Waals surface area contributed by atoms with Crippen LogP contribution in [0, 0.1) is 0 Å². The van der Waals surface area contributed by atoms with Crippen molar-refractivity contribution in [3.63, 3.8) is 0 Å².